The zero-order valence-electron chi connectivity index (χ0n) is 22.8. The normalized spacial score (nSPS) is 18.3. The van der Waals surface area contributed by atoms with Crippen LogP contribution in [0.3, 0.4) is 0 Å². The molecule has 0 saturated heterocycles. The fraction of sp³-hybridized carbons (Fsp3) is 0.0769. The fourth-order valence-electron chi connectivity index (χ4n) is 7.19. The second kappa shape index (κ2) is 8.22. The summed E-state index contributed by atoms with van der Waals surface area (Å²) in [6, 6.07) is 43.8. The van der Waals surface area contributed by atoms with Crippen LogP contribution in [0.25, 0.3) is 38.2 Å². The Morgan fingerprint density at radius 3 is 1.83 bits per heavy atom. The monoisotopic (exact) mass is 525 g/mol. The minimum Gasteiger partial charge on any atom is -0.460 e. The van der Waals surface area contributed by atoms with Crippen molar-refractivity contribution < 1.29 is 4.74 Å². The zero-order chi connectivity index (χ0) is 27.1. The maximum Gasteiger partial charge on any atom is 0.131 e. The molecule has 194 valence electrons. The van der Waals surface area contributed by atoms with Gasteiger partial charge >= 0.3 is 0 Å². The van der Waals surface area contributed by atoms with Crippen LogP contribution in [-0.4, -0.2) is 0 Å². The molecule has 0 fully saturated rings. The number of hydrogen-bond donors (Lipinski definition) is 0. The number of fused-ring (bicyclic) bond motifs is 6. The molecule has 0 radical (unpaired) electrons. The lowest BCUT2D eigenvalue weighted by atomic mass is 9.73. The number of rotatable bonds is 3. The molecule has 0 spiro atoms. The van der Waals surface area contributed by atoms with Crippen molar-refractivity contribution in [3.8, 4) is 16.9 Å². The van der Waals surface area contributed by atoms with Gasteiger partial charge in [-0.1, -0.05) is 103 Å². The van der Waals surface area contributed by atoms with Crippen molar-refractivity contribution in [2.45, 2.75) is 18.8 Å². The molecule has 0 saturated carbocycles. The van der Waals surface area contributed by atoms with Crippen LogP contribution >= 0.6 is 0 Å². The summed E-state index contributed by atoms with van der Waals surface area (Å²) in [6.45, 7) is 2.33. The lowest BCUT2D eigenvalue weighted by Crippen LogP contribution is -2.24. The highest BCUT2D eigenvalue weighted by Crippen LogP contribution is 2.55. The molecule has 2 heteroatoms. The summed E-state index contributed by atoms with van der Waals surface area (Å²) in [5.41, 5.74) is 9.82. The Morgan fingerprint density at radius 1 is 0.610 bits per heavy atom. The van der Waals surface area contributed by atoms with Gasteiger partial charge in [-0.3, -0.25) is 0 Å². The van der Waals surface area contributed by atoms with Gasteiger partial charge in [0, 0.05) is 22.4 Å². The number of para-hydroxylation sites is 3. The van der Waals surface area contributed by atoms with Crippen LogP contribution in [0.5, 0.6) is 5.75 Å². The first-order valence-electron chi connectivity index (χ1n) is 14.3. The first-order chi connectivity index (χ1) is 20.2. The number of benzene rings is 6. The van der Waals surface area contributed by atoms with E-state index in [0.717, 1.165) is 17.9 Å². The van der Waals surface area contributed by atoms with Crippen LogP contribution in [-0.2, 0) is 5.41 Å². The van der Waals surface area contributed by atoms with Crippen molar-refractivity contribution in [1.29, 1.82) is 0 Å². The van der Waals surface area contributed by atoms with Gasteiger partial charge in [0.25, 0.3) is 0 Å². The summed E-state index contributed by atoms with van der Waals surface area (Å²) in [7, 11) is 0. The predicted octanol–water partition coefficient (Wildman–Crippen LogP) is 10.5. The molecule has 0 amide bonds. The van der Waals surface area contributed by atoms with Gasteiger partial charge in [0.05, 0.1) is 16.8 Å². The van der Waals surface area contributed by atoms with E-state index in [2.05, 4.69) is 145 Å². The molecule has 2 nitrogen and oxygen atoms in total. The molecule has 1 unspecified atom stereocenters. The largest absolute Gasteiger partial charge is 0.460 e. The summed E-state index contributed by atoms with van der Waals surface area (Å²) in [5, 5.41) is 5.01. The van der Waals surface area contributed by atoms with Crippen molar-refractivity contribution in [2.24, 2.45) is 0 Å². The molecular formula is C39H27NO. The molecule has 3 aliphatic rings. The summed E-state index contributed by atoms with van der Waals surface area (Å²) in [6.07, 6.45) is 5.54. The van der Waals surface area contributed by atoms with E-state index in [0.29, 0.717) is 0 Å². The molecule has 6 aromatic rings. The Kier molecular flexibility index (Phi) is 4.55. The number of hydrogen-bond acceptors (Lipinski definition) is 2. The molecule has 6 aromatic carbocycles. The lowest BCUT2D eigenvalue weighted by Gasteiger charge is -2.29. The van der Waals surface area contributed by atoms with E-state index in [9.17, 15) is 0 Å². The van der Waals surface area contributed by atoms with Gasteiger partial charge in [-0.15, -0.1) is 0 Å². The summed E-state index contributed by atoms with van der Waals surface area (Å²) >= 11 is 0. The maximum atomic E-state index is 6.69. The van der Waals surface area contributed by atoms with Gasteiger partial charge in [-0.25, -0.2) is 0 Å². The molecule has 0 aromatic heterocycles. The van der Waals surface area contributed by atoms with Crippen molar-refractivity contribution in [3.05, 3.63) is 150 Å². The standard InChI is InChI=1S/C39H27NO/c1-39-24-10-15-31(38(39)41-35-19-9-6-16-32(35)39)37-29-13-4-2-11-27(29)36(28-12-3-5-14-30(28)37)25-20-22-26(23-21-25)40-33-17-7-8-18-34(33)40/h2-23H,24H2,1H3. The lowest BCUT2D eigenvalue weighted by molar-refractivity contribution is 0.381. The Balaban J connectivity index is 1.27. The van der Waals surface area contributed by atoms with E-state index in [4.69, 9.17) is 4.74 Å². The second-order valence-electron chi connectivity index (χ2n) is 11.5. The van der Waals surface area contributed by atoms with Crippen LogP contribution in [0.1, 0.15) is 24.5 Å². The topological polar surface area (TPSA) is 12.2 Å². The summed E-state index contributed by atoms with van der Waals surface area (Å²) < 4.78 is 6.69. The number of anilines is 3. The third kappa shape index (κ3) is 3.13. The van der Waals surface area contributed by atoms with Crippen molar-refractivity contribution in [1.82, 2.24) is 0 Å². The van der Waals surface area contributed by atoms with Crippen LogP contribution in [0.15, 0.2) is 139 Å². The molecule has 2 heterocycles. The average molecular weight is 526 g/mol. The number of nitrogens with zero attached hydrogens (tertiary/aromatic N) is 1. The highest BCUT2D eigenvalue weighted by Gasteiger charge is 2.44. The van der Waals surface area contributed by atoms with E-state index in [-0.39, 0.29) is 5.41 Å². The minimum atomic E-state index is -0.174. The SMILES string of the molecule is CC12CC=CC(c3c4ccccc4c(-c4ccc(N5c6ccccc65)cc4)c4ccccc34)=C1Oc1ccccc12. The van der Waals surface area contributed by atoms with Gasteiger partial charge < -0.3 is 9.64 Å². The highest BCUT2D eigenvalue weighted by molar-refractivity contribution is 6.20. The highest BCUT2D eigenvalue weighted by atomic mass is 16.5. The molecule has 41 heavy (non-hydrogen) atoms. The Labute approximate surface area is 239 Å². The van der Waals surface area contributed by atoms with E-state index >= 15 is 0 Å². The maximum absolute atomic E-state index is 6.69. The molecule has 2 aliphatic heterocycles. The third-order valence-electron chi connectivity index (χ3n) is 9.18. The van der Waals surface area contributed by atoms with Crippen molar-refractivity contribution in [3.63, 3.8) is 0 Å². The fourth-order valence-corrected chi connectivity index (χ4v) is 7.19. The Bertz CT molecular complexity index is 2040. The minimum absolute atomic E-state index is 0.174. The van der Waals surface area contributed by atoms with Gasteiger partial charge in [0.15, 0.2) is 0 Å². The molecule has 1 aliphatic carbocycles. The molecule has 0 bridgehead atoms. The van der Waals surface area contributed by atoms with Crippen LogP contribution in [0.4, 0.5) is 17.1 Å². The third-order valence-corrected chi connectivity index (χ3v) is 9.18. The number of allylic oxidation sites excluding steroid dienone is 4. The molecule has 9 rings (SSSR count). The van der Waals surface area contributed by atoms with Crippen molar-refractivity contribution >= 4 is 44.2 Å². The predicted molar refractivity (Wildman–Crippen MR) is 170 cm³/mol. The summed E-state index contributed by atoms with van der Waals surface area (Å²) in [4.78, 5) is 2.31. The molecular weight excluding hydrogens is 498 g/mol. The van der Waals surface area contributed by atoms with Gasteiger partial charge in [0.1, 0.15) is 11.5 Å². The second-order valence-corrected chi connectivity index (χ2v) is 11.5. The van der Waals surface area contributed by atoms with Gasteiger partial charge in [-0.2, -0.15) is 0 Å². The van der Waals surface area contributed by atoms with E-state index in [1.807, 2.05) is 0 Å². The van der Waals surface area contributed by atoms with E-state index < -0.39 is 0 Å². The average Bonchev–Trinajstić information content (AvgIpc) is 3.67. The van der Waals surface area contributed by atoms with E-state index in [1.54, 1.807) is 0 Å². The number of ether oxygens (including phenoxy) is 1. The zero-order valence-corrected chi connectivity index (χ0v) is 22.8. The molecule has 0 N–H and O–H groups in total. The van der Waals surface area contributed by atoms with Crippen LogP contribution in [0.2, 0.25) is 0 Å². The first-order valence-corrected chi connectivity index (χ1v) is 14.3. The Hall–Kier alpha value is -5.08. The Morgan fingerprint density at radius 2 is 1.17 bits per heavy atom. The van der Waals surface area contributed by atoms with Crippen LogP contribution < -0.4 is 9.64 Å². The smallest absolute Gasteiger partial charge is 0.131 e. The van der Waals surface area contributed by atoms with Crippen molar-refractivity contribution in [2.75, 3.05) is 4.90 Å². The van der Waals surface area contributed by atoms with E-state index in [1.165, 1.54) is 66.4 Å². The van der Waals surface area contributed by atoms with Crippen LogP contribution in [0, 0.1) is 0 Å². The molecule has 1 atom stereocenters. The summed E-state index contributed by atoms with van der Waals surface area (Å²) in [5.74, 6) is 2.04. The first kappa shape index (κ1) is 22.7. The van der Waals surface area contributed by atoms with Gasteiger partial charge in [-0.05, 0) is 76.3 Å². The van der Waals surface area contributed by atoms with Gasteiger partial charge in [0.2, 0.25) is 0 Å². The quantitative estimate of drug-likeness (QED) is 0.168.